The van der Waals surface area contributed by atoms with Crippen molar-refractivity contribution in [1.29, 1.82) is 0 Å². The van der Waals surface area contributed by atoms with E-state index >= 15 is 0 Å². The Balaban J connectivity index is 1.28. The Morgan fingerprint density at radius 1 is 1.07 bits per heavy atom. The van der Waals surface area contributed by atoms with Crippen molar-refractivity contribution >= 4 is 17.8 Å². The highest BCUT2D eigenvalue weighted by Gasteiger charge is 2.47. The van der Waals surface area contributed by atoms with E-state index in [9.17, 15) is 19.5 Å². The largest absolute Gasteiger partial charge is 0.478 e. The Morgan fingerprint density at radius 2 is 1.79 bits per heavy atom. The topological polar surface area (TPSA) is 86.7 Å². The summed E-state index contributed by atoms with van der Waals surface area (Å²) in [6.45, 7) is 0.546. The molecular weight excluding hydrogens is 368 g/mol. The quantitative estimate of drug-likeness (QED) is 0.758. The second-order valence-corrected chi connectivity index (χ2v) is 7.80. The summed E-state index contributed by atoms with van der Waals surface area (Å²) in [6, 6.07) is 17.0. The maximum atomic E-state index is 12.4. The van der Waals surface area contributed by atoms with E-state index in [-0.39, 0.29) is 35.9 Å². The molecule has 3 unspecified atom stereocenters. The number of aryl methyl sites for hydroxylation is 1. The molecule has 2 N–H and O–H groups in total. The third-order valence-corrected chi connectivity index (χ3v) is 5.78. The smallest absolute Gasteiger partial charge is 0.335 e. The molecule has 0 aromatic heterocycles. The molecule has 2 aromatic carbocycles. The van der Waals surface area contributed by atoms with E-state index < -0.39 is 5.97 Å². The lowest BCUT2D eigenvalue weighted by atomic mass is 10.0. The van der Waals surface area contributed by atoms with E-state index in [0.29, 0.717) is 30.9 Å². The van der Waals surface area contributed by atoms with Crippen molar-refractivity contribution in [3.63, 3.8) is 0 Å². The van der Waals surface area contributed by atoms with E-state index in [1.165, 1.54) is 5.56 Å². The molecule has 0 radical (unpaired) electrons. The molecule has 1 saturated carbocycles. The van der Waals surface area contributed by atoms with Crippen molar-refractivity contribution in [2.24, 2.45) is 0 Å². The van der Waals surface area contributed by atoms with Crippen LogP contribution in [0.5, 0.6) is 0 Å². The number of rotatable bonds is 7. The van der Waals surface area contributed by atoms with Gasteiger partial charge in [0.2, 0.25) is 11.8 Å². The van der Waals surface area contributed by atoms with Crippen LogP contribution in [0.2, 0.25) is 0 Å². The van der Waals surface area contributed by atoms with Gasteiger partial charge in [-0.3, -0.25) is 9.59 Å². The number of carboxylic acid groups (broad SMARTS) is 1. The van der Waals surface area contributed by atoms with Gasteiger partial charge in [-0.25, -0.2) is 4.79 Å². The fourth-order valence-corrected chi connectivity index (χ4v) is 4.23. The number of likely N-dealkylation sites (tertiary alicyclic amines) is 1. The Hall–Kier alpha value is -3.15. The van der Waals surface area contributed by atoms with Gasteiger partial charge in [0.15, 0.2) is 0 Å². The summed E-state index contributed by atoms with van der Waals surface area (Å²) < 4.78 is 0. The van der Waals surface area contributed by atoms with Gasteiger partial charge in [-0.05, 0) is 30.0 Å². The van der Waals surface area contributed by atoms with Gasteiger partial charge in [-0.1, -0.05) is 48.5 Å². The number of nitrogens with one attached hydrogen (secondary N) is 1. The molecule has 0 bridgehead atoms. The van der Waals surface area contributed by atoms with E-state index in [2.05, 4.69) is 17.4 Å². The van der Waals surface area contributed by atoms with Gasteiger partial charge >= 0.3 is 5.97 Å². The van der Waals surface area contributed by atoms with E-state index in [4.69, 9.17) is 0 Å². The van der Waals surface area contributed by atoms with Crippen molar-refractivity contribution in [3.8, 4) is 0 Å². The van der Waals surface area contributed by atoms with Gasteiger partial charge in [0, 0.05) is 31.3 Å². The fraction of sp³-hybridized carbons (Fsp3) is 0.348. The van der Waals surface area contributed by atoms with Crippen molar-refractivity contribution in [3.05, 3.63) is 71.3 Å². The number of hydrogen-bond acceptors (Lipinski definition) is 3. The minimum Gasteiger partial charge on any atom is -0.478 e. The lowest BCUT2D eigenvalue weighted by Gasteiger charge is -2.17. The first kappa shape index (κ1) is 19.2. The van der Waals surface area contributed by atoms with Gasteiger partial charge in [-0.2, -0.15) is 0 Å². The average Bonchev–Trinajstić information content (AvgIpc) is 3.43. The number of nitrogens with zero attached hydrogens (tertiary/aromatic N) is 1. The normalized spacial score (nSPS) is 23.1. The van der Waals surface area contributed by atoms with Crippen LogP contribution in [0.25, 0.3) is 0 Å². The van der Waals surface area contributed by atoms with E-state index in [0.717, 1.165) is 6.42 Å². The van der Waals surface area contributed by atoms with Crippen LogP contribution in [0.4, 0.5) is 0 Å². The Labute approximate surface area is 169 Å². The molecule has 6 heteroatoms. The summed E-state index contributed by atoms with van der Waals surface area (Å²) in [5, 5.41) is 12.2. The first-order valence-electron chi connectivity index (χ1n) is 9.98. The van der Waals surface area contributed by atoms with E-state index in [1.54, 1.807) is 24.3 Å². The minimum absolute atomic E-state index is 0.0925. The Morgan fingerprint density at radius 3 is 2.55 bits per heavy atom. The Bertz CT molecular complexity index is 927. The predicted octanol–water partition coefficient (Wildman–Crippen LogP) is 2.59. The molecule has 150 valence electrons. The molecule has 1 heterocycles. The molecule has 3 atom stereocenters. The number of amides is 2. The van der Waals surface area contributed by atoms with Gasteiger partial charge in [0.1, 0.15) is 0 Å². The zero-order valence-corrected chi connectivity index (χ0v) is 16.1. The van der Waals surface area contributed by atoms with Crippen LogP contribution in [-0.2, 0) is 16.0 Å². The zero-order valence-electron chi connectivity index (χ0n) is 16.1. The highest BCUT2D eigenvalue weighted by Crippen LogP contribution is 2.45. The summed E-state index contributed by atoms with van der Waals surface area (Å²) in [5.74, 6) is -0.659. The third kappa shape index (κ3) is 4.31. The van der Waals surface area contributed by atoms with Crippen LogP contribution in [0.15, 0.2) is 54.6 Å². The molecule has 1 aliphatic carbocycles. The van der Waals surface area contributed by atoms with Crippen LogP contribution in [0, 0.1) is 0 Å². The third-order valence-electron chi connectivity index (χ3n) is 5.78. The molecule has 29 heavy (non-hydrogen) atoms. The second-order valence-electron chi connectivity index (χ2n) is 7.80. The number of carboxylic acids is 1. The summed E-state index contributed by atoms with van der Waals surface area (Å²) in [5.41, 5.74) is 2.13. The SMILES string of the molecule is O=C(CCc1ccccc1C(=O)O)NC1CC(=O)N(C2CC2c2ccccc2)C1. The Kier molecular flexibility index (Phi) is 5.34. The molecule has 2 aliphatic rings. The molecule has 1 aliphatic heterocycles. The standard InChI is InChI=1S/C23H24N2O4/c26-21(11-10-16-8-4-5-9-18(16)23(28)29)24-17-12-22(27)25(14-17)20-13-19(20)15-6-2-1-3-7-15/h1-9,17,19-20H,10-14H2,(H,24,26)(H,28,29). The number of hydrogen-bond donors (Lipinski definition) is 2. The molecule has 2 fully saturated rings. The first-order valence-corrected chi connectivity index (χ1v) is 9.98. The van der Waals surface area contributed by atoms with Crippen molar-refractivity contribution in [1.82, 2.24) is 10.2 Å². The number of carbonyl (C=O) groups excluding carboxylic acids is 2. The minimum atomic E-state index is -0.990. The fourth-order valence-electron chi connectivity index (χ4n) is 4.23. The van der Waals surface area contributed by atoms with Gasteiger partial charge < -0.3 is 15.3 Å². The maximum absolute atomic E-state index is 12.4. The number of aromatic carboxylic acids is 1. The van der Waals surface area contributed by atoms with Crippen LogP contribution in [0.3, 0.4) is 0 Å². The van der Waals surface area contributed by atoms with E-state index in [1.807, 2.05) is 23.1 Å². The molecule has 0 spiro atoms. The average molecular weight is 392 g/mol. The molecule has 6 nitrogen and oxygen atoms in total. The van der Waals surface area contributed by atoms with Gasteiger partial charge in [0.05, 0.1) is 11.6 Å². The zero-order chi connectivity index (χ0) is 20.4. The summed E-state index contributed by atoms with van der Waals surface area (Å²) >= 11 is 0. The molecule has 1 saturated heterocycles. The number of carbonyl (C=O) groups is 3. The summed E-state index contributed by atoms with van der Waals surface area (Å²) in [7, 11) is 0. The van der Waals surface area contributed by atoms with Crippen LogP contribution < -0.4 is 5.32 Å². The monoisotopic (exact) mass is 392 g/mol. The molecule has 2 amide bonds. The number of benzene rings is 2. The van der Waals surface area contributed by atoms with Gasteiger partial charge in [-0.15, -0.1) is 0 Å². The maximum Gasteiger partial charge on any atom is 0.335 e. The van der Waals surface area contributed by atoms with Crippen LogP contribution >= 0.6 is 0 Å². The van der Waals surface area contributed by atoms with Crippen LogP contribution in [-0.4, -0.2) is 46.4 Å². The highest BCUT2D eigenvalue weighted by molar-refractivity contribution is 5.89. The predicted molar refractivity (Wildman–Crippen MR) is 108 cm³/mol. The molecule has 2 aromatic rings. The second kappa shape index (κ2) is 8.07. The van der Waals surface area contributed by atoms with Crippen molar-refractivity contribution in [2.75, 3.05) is 6.54 Å². The highest BCUT2D eigenvalue weighted by atomic mass is 16.4. The van der Waals surface area contributed by atoms with Gasteiger partial charge in [0.25, 0.3) is 0 Å². The summed E-state index contributed by atoms with van der Waals surface area (Å²) in [6.07, 6.45) is 1.86. The van der Waals surface area contributed by atoms with Crippen molar-refractivity contribution in [2.45, 2.75) is 43.7 Å². The first-order chi connectivity index (χ1) is 14.0. The summed E-state index contributed by atoms with van der Waals surface area (Å²) in [4.78, 5) is 38.0. The lowest BCUT2D eigenvalue weighted by Crippen LogP contribution is -2.38. The molecule has 4 rings (SSSR count). The lowest BCUT2D eigenvalue weighted by molar-refractivity contribution is -0.128. The molecular formula is C23H24N2O4. The van der Waals surface area contributed by atoms with Crippen LogP contribution in [0.1, 0.15) is 46.7 Å². The van der Waals surface area contributed by atoms with Crippen molar-refractivity contribution < 1.29 is 19.5 Å².